The summed E-state index contributed by atoms with van der Waals surface area (Å²) in [5, 5.41) is 2.95. The van der Waals surface area contributed by atoms with Gasteiger partial charge in [0.05, 0.1) is 11.8 Å². The van der Waals surface area contributed by atoms with E-state index in [4.69, 9.17) is 0 Å². The van der Waals surface area contributed by atoms with Gasteiger partial charge in [0.25, 0.3) is 5.91 Å². The molecule has 2 aromatic rings. The van der Waals surface area contributed by atoms with Crippen LogP contribution in [0, 0.1) is 0 Å². The zero-order valence-corrected chi connectivity index (χ0v) is 14.6. The molecule has 5 nitrogen and oxygen atoms in total. The molecule has 1 atom stereocenters. The molecule has 0 aromatic heterocycles. The topological polar surface area (TPSA) is 75.3 Å². The van der Waals surface area contributed by atoms with Gasteiger partial charge in [0.1, 0.15) is 0 Å². The summed E-state index contributed by atoms with van der Waals surface area (Å²) in [6, 6.07) is 16.5. The van der Waals surface area contributed by atoms with Crippen molar-refractivity contribution in [2.75, 3.05) is 5.75 Å². The summed E-state index contributed by atoms with van der Waals surface area (Å²) in [6.07, 6.45) is 0. The highest BCUT2D eigenvalue weighted by Gasteiger charge is 2.11. The molecule has 2 N–H and O–H groups in total. The number of carbonyl (C=O) groups excluding carboxylic acids is 1. The maximum Gasteiger partial charge on any atom is 0.251 e. The number of nitrogens with one attached hydrogen (secondary N) is 2. The van der Waals surface area contributed by atoms with Crippen molar-refractivity contribution in [3.05, 3.63) is 71.3 Å². The van der Waals surface area contributed by atoms with Crippen molar-refractivity contribution >= 4 is 15.9 Å². The molecule has 0 aliphatic rings. The molecule has 128 valence electrons. The highest BCUT2D eigenvalue weighted by molar-refractivity contribution is 7.89. The molecular formula is C18H22N2O3S. The van der Waals surface area contributed by atoms with Gasteiger partial charge in [0.15, 0.2) is 0 Å². The lowest BCUT2D eigenvalue weighted by Gasteiger charge is -2.14. The van der Waals surface area contributed by atoms with Gasteiger partial charge in [0.2, 0.25) is 10.0 Å². The summed E-state index contributed by atoms with van der Waals surface area (Å²) in [5.74, 6) is -0.114. The monoisotopic (exact) mass is 346 g/mol. The van der Waals surface area contributed by atoms with E-state index in [1.165, 1.54) is 0 Å². The molecule has 0 bridgehead atoms. The Balaban J connectivity index is 1.96. The van der Waals surface area contributed by atoms with Crippen LogP contribution in [0.4, 0.5) is 0 Å². The zero-order valence-electron chi connectivity index (χ0n) is 13.8. The van der Waals surface area contributed by atoms with Gasteiger partial charge in [-0.15, -0.1) is 0 Å². The fraction of sp³-hybridized carbons (Fsp3) is 0.278. The van der Waals surface area contributed by atoms with Crippen LogP contribution < -0.4 is 10.0 Å². The van der Waals surface area contributed by atoms with Crippen LogP contribution in [0.5, 0.6) is 0 Å². The lowest BCUT2D eigenvalue weighted by molar-refractivity contribution is 0.0940. The van der Waals surface area contributed by atoms with Gasteiger partial charge in [-0.05, 0) is 37.1 Å². The van der Waals surface area contributed by atoms with E-state index in [1.807, 2.05) is 37.3 Å². The quantitative estimate of drug-likeness (QED) is 0.809. The van der Waals surface area contributed by atoms with Gasteiger partial charge in [0, 0.05) is 12.1 Å². The van der Waals surface area contributed by atoms with E-state index >= 15 is 0 Å². The van der Waals surface area contributed by atoms with Crippen molar-refractivity contribution in [1.29, 1.82) is 0 Å². The molecule has 0 radical (unpaired) electrons. The zero-order chi connectivity index (χ0) is 17.6. The Hall–Kier alpha value is -2.18. The Bertz CT molecular complexity index is 772. The summed E-state index contributed by atoms with van der Waals surface area (Å²) < 4.78 is 25.4. The van der Waals surface area contributed by atoms with Crippen LogP contribution >= 0.6 is 0 Å². The Morgan fingerprint density at radius 1 is 1.04 bits per heavy atom. The molecule has 24 heavy (non-hydrogen) atoms. The van der Waals surface area contributed by atoms with E-state index in [1.54, 1.807) is 31.2 Å². The predicted octanol–water partition coefficient (Wildman–Crippen LogP) is 2.62. The van der Waals surface area contributed by atoms with Gasteiger partial charge in [-0.3, -0.25) is 4.79 Å². The number of sulfonamides is 1. The van der Waals surface area contributed by atoms with Gasteiger partial charge in [-0.25, -0.2) is 13.1 Å². The summed E-state index contributed by atoms with van der Waals surface area (Å²) >= 11 is 0. The van der Waals surface area contributed by atoms with Crippen molar-refractivity contribution in [2.45, 2.75) is 26.4 Å². The third-order valence-corrected chi connectivity index (χ3v) is 5.08. The van der Waals surface area contributed by atoms with Gasteiger partial charge in [-0.2, -0.15) is 0 Å². The normalized spacial score (nSPS) is 12.6. The van der Waals surface area contributed by atoms with Crippen LogP contribution in [0.25, 0.3) is 0 Å². The first kappa shape index (κ1) is 18.2. The Morgan fingerprint density at radius 3 is 2.25 bits per heavy atom. The second kappa shape index (κ2) is 8.08. The van der Waals surface area contributed by atoms with E-state index in [9.17, 15) is 13.2 Å². The summed E-state index contributed by atoms with van der Waals surface area (Å²) in [7, 11) is -3.22. The molecular weight excluding hydrogens is 324 g/mol. The second-order valence-corrected chi connectivity index (χ2v) is 7.62. The number of amides is 1. The second-order valence-electron chi connectivity index (χ2n) is 5.53. The molecule has 6 heteroatoms. The Kier molecular flexibility index (Phi) is 6.11. The van der Waals surface area contributed by atoms with E-state index in [2.05, 4.69) is 10.0 Å². The fourth-order valence-corrected chi connectivity index (χ4v) is 2.77. The summed E-state index contributed by atoms with van der Waals surface area (Å²) in [5.41, 5.74) is 2.39. The maximum absolute atomic E-state index is 12.3. The van der Waals surface area contributed by atoms with Gasteiger partial charge in [-0.1, -0.05) is 42.5 Å². The van der Waals surface area contributed by atoms with Crippen molar-refractivity contribution in [3.8, 4) is 0 Å². The minimum absolute atomic E-state index is 0.0465. The molecule has 0 unspecified atom stereocenters. The first-order valence-corrected chi connectivity index (χ1v) is 9.48. The molecule has 0 saturated heterocycles. The first-order chi connectivity index (χ1) is 11.4. The van der Waals surface area contributed by atoms with Crippen LogP contribution in [0.1, 0.15) is 41.4 Å². The lowest BCUT2D eigenvalue weighted by Crippen LogP contribution is -2.27. The van der Waals surface area contributed by atoms with Crippen LogP contribution in [0.15, 0.2) is 54.6 Å². The summed E-state index contributed by atoms with van der Waals surface area (Å²) in [6.45, 7) is 3.74. The fourth-order valence-electron chi connectivity index (χ4n) is 2.17. The molecule has 1 amide bonds. The predicted molar refractivity (Wildman–Crippen MR) is 95.1 cm³/mol. The van der Waals surface area contributed by atoms with Crippen LogP contribution in [0.2, 0.25) is 0 Å². The maximum atomic E-state index is 12.3. The number of benzene rings is 2. The number of carbonyl (C=O) groups is 1. The highest BCUT2D eigenvalue weighted by Crippen LogP contribution is 2.13. The van der Waals surface area contributed by atoms with Crippen molar-refractivity contribution < 1.29 is 13.2 Å². The molecule has 0 saturated carbocycles. The molecule has 0 spiro atoms. The molecule has 2 aromatic carbocycles. The number of hydrogen-bond acceptors (Lipinski definition) is 3. The molecule has 0 aliphatic heterocycles. The Morgan fingerprint density at radius 2 is 1.67 bits per heavy atom. The minimum atomic E-state index is -3.22. The van der Waals surface area contributed by atoms with E-state index < -0.39 is 10.0 Å². The van der Waals surface area contributed by atoms with Crippen molar-refractivity contribution in [3.63, 3.8) is 0 Å². The standard InChI is InChI=1S/C18H22N2O3S/c1-3-24(22,23)19-13-15-9-11-17(12-10-15)18(21)20-14(2)16-7-5-4-6-8-16/h4-12,14,19H,3,13H2,1-2H3,(H,20,21)/t14-/m1/s1. The van der Waals surface area contributed by atoms with Crippen LogP contribution in [0.3, 0.4) is 0 Å². The van der Waals surface area contributed by atoms with Crippen LogP contribution in [-0.2, 0) is 16.6 Å². The summed E-state index contributed by atoms with van der Waals surface area (Å²) in [4.78, 5) is 12.3. The molecule has 0 aliphatic carbocycles. The SMILES string of the molecule is CCS(=O)(=O)NCc1ccc(C(=O)N[C@H](C)c2ccccc2)cc1. The lowest BCUT2D eigenvalue weighted by atomic mass is 10.1. The Labute approximate surface area is 143 Å². The van der Waals surface area contributed by atoms with E-state index in [0.29, 0.717) is 5.56 Å². The van der Waals surface area contributed by atoms with Gasteiger partial charge < -0.3 is 5.32 Å². The highest BCUT2D eigenvalue weighted by atomic mass is 32.2. The van der Waals surface area contributed by atoms with Gasteiger partial charge >= 0.3 is 0 Å². The number of hydrogen-bond donors (Lipinski definition) is 2. The van der Waals surface area contributed by atoms with E-state index in [0.717, 1.165) is 11.1 Å². The third kappa shape index (κ3) is 5.18. The van der Waals surface area contributed by atoms with E-state index in [-0.39, 0.29) is 24.2 Å². The first-order valence-electron chi connectivity index (χ1n) is 7.83. The average molecular weight is 346 g/mol. The third-order valence-electron chi connectivity index (χ3n) is 3.74. The smallest absolute Gasteiger partial charge is 0.251 e. The average Bonchev–Trinajstić information content (AvgIpc) is 2.61. The largest absolute Gasteiger partial charge is 0.346 e. The molecule has 0 fully saturated rings. The van der Waals surface area contributed by atoms with Crippen molar-refractivity contribution in [1.82, 2.24) is 10.0 Å². The number of rotatable bonds is 7. The minimum Gasteiger partial charge on any atom is -0.346 e. The molecule has 0 heterocycles. The van der Waals surface area contributed by atoms with Crippen LogP contribution in [-0.4, -0.2) is 20.1 Å². The molecule has 2 rings (SSSR count). The van der Waals surface area contributed by atoms with Crippen molar-refractivity contribution in [2.24, 2.45) is 0 Å².